The molecule has 4 heteroatoms. The van der Waals surface area contributed by atoms with Crippen LogP contribution in [-0.2, 0) is 0 Å². The number of carbonyl (C=O) groups excluding carboxylic acids is 1. The zero-order valence-corrected chi connectivity index (χ0v) is 11.9. The van der Waals surface area contributed by atoms with Crippen molar-refractivity contribution in [3.8, 4) is 0 Å². The van der Waals surface area contributed by atoms with Crippen molar-refractivity contribution in [3.05, 3.63) is 47.4 Å². The van der Waals surface area contributed by atoms with E-state index < -0.39 is 0 Å². The molecule has 1 aliphatic carbocycles. The molecule has 21 heavy (non-hydrogen) atoms. The zero-order chi connectivity index (χ0) is 14.7. The van der Waals surface area contributed by atoms with E-state index in [4.69, 9.17) is 0 Å². The summed E-state index contributed by atoms with van der Waals surface area (Å²) in [4.78, 5) is 15.1. The van der Waals surface area contributed by atoms with Gasteiger partial charge >= 0.3 is 0 Å². The Morgan fingerprint density at radius 3 is 3.00 bits per heavy atom. The van der Waals surface area contributed by atoms with E-state index in [9.17, 15) is 9.18 Å². The average molecular weight is 286 g/mol. The molecule has 1 heterocycles. The number of carbonyl (C=O) groups is 1. The first-order valence-corrected chi connectivity index (χ1v) is 7.47. The lowest BCUT2D eigenvalue weighted by Gasteiger charge is -2.12. The number of aromatic nitrogens is 1. The quantitative estimate of drug-likeness (QED) is 0.822. The second-order valence-electron chi connectivity index (χ2n) is 5.53. The van der Waals surface area contributed by atoms with Crippen LogP contribution in [0.2, 0.25) is 0 Å². The van der Waals surface area contributed by atoms with Crippen LogP contribution < -0.4 is 5.32 Å². The fraction of sp³-hybridized carbons (Fsp3) is 0.353. The summed E-state index contributed by atoms with van der Waals surface area (Å²) in [6.45, 7) is 0.647. The van der Waals surface area contributed by atoms with Gasteiger partial charge in [-0.3, -0.25) is 4.79 Å². The molecule has 0 atom stereocenters. The highest BCUT2D eigenvalue weighted by Gasteiger charge is 2.10. The van der Waals surface area contributed by atoms with Crippen LogP contribution in [0.15, 0.2) is 35.9 Å². The molecule has 110 valence electrons. The van der Waals surface area contributed by atoms with Crippen LogP contribution in [0.5, 0.6) is 0 Å². The van der Waals surface area contributed by atoms with Crippen molar-refractivity contribution in [3.63, 3.8) is 0 Å². The van der Waals surface area contributed by atoms with Gasteiger partial charge in [0.2, 0.25) is 0 Å². The lowest BCUT2D eigenvalue weighted by molar-refractivity contribution is 0.0950. The van der Waals surface area contributed by atoms with Gasteiger partial charge in [0.25, 0.3) is 5.91 Å². The molecule has 1 amide bonds. The Hall–Kier alpha value is -2.10. The molecule has 1 aliphatic rings. The largest absolute Gasteiger partial charge is 0.351 e. The van der Waals surface area contributed by atoms with Crippen molar-refractivity contribution in [2.45, 2.75) is 32.1 Å². The van der Waals surface area contributed by atoms with Gasteiger partial charge in [-0.15, -0.1) is 0 Å². The fourth-order valence-electron chi connectivity index (χ4n) is 2.79. The molecule has 0 bridgehead atoms. The predicted molar refractivity (Wildman–Crippen MR) is 81.8 cm³/mol. The zero-order valence-electron chi connectivity index (χ0n) is 11.9. The lowest BCUT2D eigenvalue weighted by atomic mass is 9.97. The van der Waals surface area contributed by atoms with E-state index in [0.717, 1.165) is 30.2 Å². The van der Waals surface area contributed by atoms with E-state index >= 15 is 0 Å². The first-order chi connectivity index (χ1) is 10.2. The van der Waals surface area contributed by atoms with E-state index in [1.807, 2.05) is 0 Å². The highest BCUT2D eigenvalue weighted by molar-refractivity contribution is 5.97. The maximum Gasteiger partial charge on any atom is 0.267 e. The van der Waals surface area contributed by atoms with Crippen molar-refractivity contribution >= 4 is 16.8 Å². The normalized spacial score (nSPS) is 15.0. The van der Waals surface area contributed by atoms with Gasteiger partial charge in [-0.1, -0.05) is 11.6 Å². The van der Waals surface area contributed by atoms with Crippen LogP contribution in [0, 0.1) is 5.82 Å². The maximum absolute atomic E-state index is 13.1. The number of hydrogen-bond donors (Lipinski definition) is 2. The molecule has 2 N–H and O–H groups in total. The summed E-state index contributed by atoms with van der Waals surface area (Å²) in [5.41, 5.74) is 2.70. The topological polar surface area (TPSA) is 44.9 Å². The summed E-state index contributed by atoms with van der Waals surface area (Å²) in [7, 11) is 0. The van der Waals surface area contributed by atoms with Crippen LogP contribution >= 0.6 is 0 Å². The molecule has 2 aromatic rings. The Morgan fingerprint density at radius 1 is 1.29 bits per heavy atom. The molecule has 0 spiro atoms. The van der Waals surface area contributed by atoms with Crippen molar-refractivity contribution in [2.24, 2.45) is 0 Å². The van der Waals surface area contributed by atoms with Crippen molar-refractivity contribution in [2.75, 3.05) is 6.54 Å². The van der Waals surface area contributed by atoms with Gasteiger partial charge in [0, 0.05) is 17.4 Å². The number of hydrogen-bond acceptors (Lipinski definition) is 1. The second-order valence-corrected chi connectivity index (χ2v) is 5.53. The number of aromatic amines is 1. The van der Waals surface area contributed by atoms with Crippen LogP contribution in [0.4, 0.5) is 4.39 Å². The molecular formula is C17H19FN2O. The molecular weight excluding hydrogens is 267 g/mol. The van der Waals surface area contributed by atoms with Gasteiger partial charge in [-0.2, -0.15) is 0 Å². The Morgan fingerprint density at radius 2 is 2.19 bits per heavy atom. The summed E-state index contributed by atoms with van der Waals surface area (Å²) in [6, 6.07) is 6.15. The smallest absolute Gasteiger partial charge is 0.267 e. The van der Waals surface area contributed by atoms with Crippen LogP contribution in [0.3, 0.4) is 0 Å². The molecule has 3 rings (SSSR count). The SMILES string of the molecule is O=C(NCCC1=CCCCC1)c1cc2cc(F)ccc2[nH]1. The Bertz CT molecular complexity index is 687. The van der Waals surface area contributed by atoms with Crippen molar-refractivity contribution < 1.29 is 9.18 Å². The summed E-state index contributed by atoms with van der Waals surface area (Å²) < 4.78 is 13.1. The van der Waals surface area contributed by atoms with Crippen molar-refractivity contribution in [1.82, 2.24) is 10.3 Å². The third-order valence-electron chi connectivity index (χ3n) is 3.94. The van der Waals surface area contributed by atoms with Gasteiger partial charge < -0.3 is 10.3 Å². The van der Waals surface area contributed by atoms with Crippen LogP contribution in [0.25, 0.3) is 10.9 Å². The first kappa shape index (κ1) is 13.9. The van der Waals surface area contributed by atoms with E-state index in [2.05, 4.69) is 16.4 Å². The van der Waals surface area contributed by atoms with Gasteiger partial charge in [-0.05, 0) is 56.4 Å². The summed E-state index contributed by atoms with van der Waals surface area (Å²) in [6.07, 6.45) is 8.06. The maximum atomic E-state index is 13.1. The standard InChI is InChI=1S/C17H19FN2O/c18-14-6-7-15-13(10-14)11-16(20-15)17(21)19-9-8-12-4-2-1-3-5-12/h4,6-7,10-11,20H,1-3,5,8-9H2,(H,19,21). The first-order valence-electron chi connectivity index (χ1n) is 7.47. The van der Waals surface area contributed by atoms with E-state index in [0.29, 0.717) is 12.2 Å². The molecule has 1 aromatic carbocycles. The number of nitrogens with one attached hydrogen (secondary N) is 2. The van der Waals surface area contributed by atoms with E-state index in [-0.39, 0.29) is 11.7 Å². The predicted octanol–water partition coefficient (Wildman–Crippen LogP) is 3.93. The van der Waals surface area contributed by atoms with Crippen molar-refractivity contribution in [1.29, 1.82) is 0 Å². The van der Waals surface area contributed by atoms with Crippen LogP contribution in [-0.4, -0.2) is 17.4 Å². The number of amides is 1. The van der Waals surface area contributed by atoms with E-state index in [1.165, 1.54) is 30.5 Å². The van der Waals surface area contributed by atoms with E-state index in [1.54, 1.807) is 12.1 Å². The number of halogens is 1. The lowest BCUT2D eigenvalue weighted by Crippen LogP contribution is -2.25. The molecule has 0 aliphatic heterocycles. The molecule has 3 nitrogen and oxygen atoms in total. The number of H-pyrrole nitrogens is 1. The summed E-state index contributed by atoms with van der Waals surface area (Å²) >= 11 is 0. The fourth-order valence-corrected chi connectivity index (χ4v) is 2.79. The number of allylic oxidation sites excluding steroid dienone is 1. The summed E-state index contributed by atoms with van der Waals surface area (Å²) in [5, 5.41) is 3.63. The minimum absolute atomic E-state index is 0.136. The Balaban J connectivity index is 1.60. The number of rotatable bonds is 4. The molecule has 0 radical (unpaired) electrons. The van der Waals surface area contributed by atoms with Crippen LogP contribution in [0.1, 0.15) is 42.6 Å². The highest BCUT2D eigenvalue weighted by atomic mass is 19.1. The monoisotopic (exact) mass is 286 g/mol. The highest BCUT2D eigenvalue weighted by Crippen LogP contribution is 2.20. The van der Waals surface area contributed by atoms with Gasteiger partial charge in [0.1, 0.15) is 11.5 Å². The minimum Gasteiger partial charge on any atom is -0.351 e. The minimum atomic E-state index is -0.294. The number of benzene rings is 1. The molecule has 1 aromatic heterocycles. The Kier molecular flexibility index (Phi) is 4.04. The second kappa shape index (κ2) is 6.12. The van der Waals surface area contributed by atoms with Gasteiger partial charge in [0.15, 0.2) is 0 Å². The Labute approximate surface area is 123 Å². The molecule has 0 saturated carbocycles. The summed E-state index contributed by atoms with van der Waals surface area (Å²) in [5.74, 6) is -0.430. The van der Waals surface area contributed by atoms with Gasteiger partial charge in [0.05, 0.1) is 0 Å². The molecule has 0 fully saturated rings. The number of fused-ring (bicyclic) bond motifs is 1. The average Bonchev–Trinajstić information content (AvgIpc) is 2.91. The van der Waals surface area contributed by atoms with Gasteiger partial charge in [-0.25, -0.2) is 4.39 Å². The third-order valence-corrected chi connectivity index (χ3v) is 3.94. The third kappa shape index (κ3) is 3.32. The molecule has 0 saturated heterocycles. The molecule has 0 unspecified atom stereocenters.